The standard InChI is InChI=1S/C18H17N3O3S/c1-23-14-9-7-13(8-10-14)11-19-20-18-21(12-17(22)24-2)15-5-3-4-6-16(15)25-18/h3-11H,12H2,1-2H3. The topological polar surface area (TPSA) is 65.2 Å². The molecule has 0 spiro atoms. The van der Waals surface area contributed by atoms with Gasteiger partial charge in [-0.15, -0.1) is 5.10 Å². The van der Waals surface area contributed by atoms with E-state index in [1.165, 1.54) is 18.4 Å². The minimum Gasteiger partial charge on any atom is -0.497 e. The molecule has 0 amide bonds. The number of carbonyl (C=O) groups is 1. The number of para-hydroxylation sites is 1. The second kappa shape index (κ2) is 7.76. The Bertz CT molecular complexity index is 971. The summed E-state index contributed by atoms with van der Waals surface area (Å²) in [5.41, 5.74) is 1.83. The number of ether oxygens (including phenoxy) is 2. The van der Waals surface area contributed by atoms with Gasteiger partial charge in [0.05, 0.1) is 30.7 Å². The Morgan fingerprint density at radius 2 is 1.92 bits per heavy atom. The van der Waals surface area contributed by atoms with E-state index in [0.717, 1.165) is 21.5 Å². The lowest BCUT2D eigenvalue weighted by atomic mass is 10.2. The molecular formula is C18H17N3O3S. The summed E-state index contributed by atoms with van der Waals surface area (Å²) >= 11 is 1.47. The molecule has 0 saturated carbocycles. The largest absolute Gasteiger partial charge is 0.497 e. The van der Waals surface area contributed by atoms with Crippen LogP contribution in [0.15, 0.2) is 58.7 Å². The molecule has 0 saturated heterocycles. The Hall–Kier alpha value is -2.93. The molecule has 0 aliphatic rings. The van der Waals surface area contributed by atoms with Gasteiger partial charge in [0.1, 0.15) is 12.3 Å². The van der Waals surface area contributed by atoms with Crippen molar-refractivity contribution in [1.29, 1.82) is 0 Å². The van der Waals surface area contributed by atoms with Crippen LogP contribution in [0, 0.1) is 0 Å². The summed E-state index contributed by atoms with van der Waals surface area (Å²) in [4.78, 5) is 12.3. The SMILES string of the molecule is COC(=O)Cn1c(=NN=Cc2ccc(OC)cc2)sc2ccccc21. The zero-order chi connectivity index (χ0) is 17.6. The lowest BCUT2D eigenvalue weighted by molar-refractivity contribution is -0.141. The highest BCUT2D eigenvalue weighted by molar-refractivity contribution is 7.16. The molecule has 0 unspecified atom stereocenters. The fourth-order valence-electron chi connectivity index (χ4n) is 2.28. The first-order valence-electron chi connectivity index (χ1n) is 7.57. The second-order valence-electron chi connectivity index (χ2n) is 5.13. The molecule has 0 aliphatic heterocycles. The zero-order valence-electron chi connectivity index (χ0n) is 13.9. The summed E-state index contributed by atoms with van der Waals surface area (Å²) in [6.07, 6.45) is 1.66. The monoisotopic (exact) mass is 355 g/mol. The van der Waals surface area contributed by atoms with Gasteiger partial charge in [-0.3, -0.25) is 4.79 Å². The van der Waals surface area contributed by atoms with Crippen molar-refractivity contribution in [3.05, 3.63) is 58.9 Å². The summed E-state index contributed by atoms with van der Waals surface area (Å²) in [5, 5.41) is 8.43. The quantitative estimate of drug-likeness (QED) is 0.402. The van der Waals surface area contributed by atoms with Crippen molar-refractivity contribution in [3.8, 4) is 5.75 Å². The van der Waals surface area contributed by atoms with Gasteiger partial charge in [0.2, 0.25) is 4.80 Å². The van der Waals surface area contributed by atoms with Gasteiger partial charge in [0.15, 0.2) is 0 Å². The van der Waals surface area contributed by atoms with Crippen LogP contribution in [0.4, 0.5) is 0 Å². The number of methoxy groups -OCH3 is 2. The van der Waals surface area contributed by atoms with E-state index in [0.29, 0.717) is 4.80 Å². The van der Waals surface area contributed by atoms with E-state index in [9.17, 15) is 4.79 Å². The van der Waals surface area contributed by atoms with E-state index in [2.05, 4.69) is 10.2 Å². The zero-order valence-corrected chi connectivity index (χ0v) is 14.7. The number of carbonyl (C=O) groups excluding carboxylic acids is 1. The van der Waals surface area contributed by atoms with E-state index >= 15 is 0 Å². The number of thiazole rings is 1. The molecule has 0 fully saturated rings. The number of hydrogen-bond donors (Lipinski definition) is 0. The van der Waals surface area contributed by atoms with Crippen LogP contribution < -0.4 is 9.54 Å². The minimum atomic E-state index is -0.330. The lowest BCUT2D eigenvalue weighted by Crippen LogP contribution is -2.20. The van der Waals surface area contributed by atoms with Crippen LogP contribution >= 0.6 is 11.3 Å². The number of nitrogens with zero attached hydrogens (tertiary/aromatic N) is 3. The summed E-state index contributed by atoms with van der Waals surface area (Å²) in [7, 11) is 3.00. The van der Waals surface area contributed by atoms with Gasteiger partial charge >= 0.3 is 5.97 Å². The van der Waals surface area contributed by atoms with E-state index in [1.807, 2.05) is 48.5 Å². The summed E-state index contributed by atoms with van der Waals surface area (Å²) in [5.74, 6) is 0.457. The van der Waals surface area contributed by atoms with Crippen LogP contribution in [-0.2, 0) is 16.1 Å². The van der Waals surface area contributed by atoms with E-state index in [4.69, 9.17) is 9.47 Å². The molecule has 1 heterocycles. The first-order chi connectivity index (χ1) is 12.2. The Kier molecular flexibility index (Phi) is 5.25. The molecule has 3 rings (SSSR count). The maximum atomic E-state index is 11.7. The summed E-state index contributed by atoms with van der Waals surface area (Å²) < 4.78 is 12.7. The van der Waals surface area contributed by atoms with Crippen LogP contribution in [0.25, 0.3) is 10.2 Å². The van der Waals surface area contributed by atoms with Gasteiger partial charge in [-0.05, 0) is 42.0 Å². The molecule has 6 nitrogen and oxygen atoms in total. The number of fused-ring (bicyclic) bond motifs is 1. The van der Waals surface area contributed by atoms with Crippen LogP contribution in [0.5, 0.6) is 5.75 Å². The molecule has 3 aromatic rings. The van der Waals surface area contributed by atoms with E-state index in [-0.39, 0.29) is 12.5 Å². The number of benzene rings is 2. The average Bonchev–Trinajstić information content (AvgIpc) is 2.99. The second-order valence-corrected chi connectivity index (χ2v) is 6.14. The summed E-state index contributed by atoms with van der Waals surface area (Å²) in [6.45, 7) is 0.0946. The van der Waals surface area contributed by atoms with E-state index in [1.54, 1.807) is 17.9 Å². The first kappa shape index (κ1) is 16.9. The molecule has 2 aromatic carbocycles. The maximum Gasteiger partial charge on any atom is 0.325 e. The predicted molar refractivity (Wildman–Crippen MR) is 98.0 cm³/mol. The molecule has 25 heavy (non-hydrogen) atoms. The number of esters is 1. The molecule has 128 valence electrons. The van der Waals surface area contributed by atoms with Crippen molar-refractivity contribution in [2.24, 2.45) is 10.2 Å². The van der Waals surface area contributed by atoms with Gasteiger partial charge < -0.3 is 14.0 Å². The van der Waals surface area contributed by atoms with Gasteiger partial charge in [-0.1, -0.05) is 23.5 Å². The van der Waals surface area contributed by atoms with Gasteiger partial charge in [0.25, 0.3) is 0 Å². The van der Waals surface area contributed by atoms with Crippen molar-refractivity contribution in [1.82, 2.24) is 4.57 Å². The highest BCUT2D eigenvalue weighted by Gasteiger charge is 2.09. The fraction of sp³-hybridized carbons (Fsp3) is 0.167. The molecule has 7 heteroatoms. The van der Waals surface area contributed by atoms with Crippen molar-refractivity contribution < 1.29 is 14.3 Å². The van der Waals surface area contributed by atoms with Gasteiger partial charge in [-0.25, -0.2) is 0 Å². The van der Waals surface area contributed by atoms with E-state index < -0.39 is 0 Å². The Labute approximate surface area is 148 Å². The van der Waals surface area contributed by atoms with Crippen LogP contribution in [0.3, 0.4) is 0 Å². The molecular weight excluding hydrogens is 338 g/mol. The normalized spacial score (nSPS) is 12.0. The van der Waals surface area contributed by atoms with Crippen molar-refractivity contribution in [2.75, 3.05) is 14.2 Å². The van der Waals surface area contributed by atoms with Crippen LogP contribution in [-0.4, -0.2) is 31.0 Å². The highest BCUT2D eigenvalue weighted by Crippen LogP contribution is 2.16. The molecule has 0 N–H and O–H groups in total. The molecule has 1 aromatic heterocycles. The molecule has 0 atom stereocenters. The van der Waals surface area contributed by atoms with Gasteiger partial charge in [-0.2, -0.15) is 5.10 Å². The number of aromatic nitrogens is 1. The molecule has 0 aliphatic carbocycles. The average molecular weight is 355 g/mol. The third kappa shape index (κ3) is 3.95. The minimum absolute atomic E-state index is 0.0946. The Morgan fingerprint density at radius 3 is 2.64 bits per heavy atom. The van der Waals surface area contributed by atoms with Crippen LogP contribution in [0.1, 0.15) is 5.56 Å². The van der Waals surface area contributed by atoms with Crippen molar-refractivity contribution in [2.45, 2.75) is 6.54 Å². The highest BCUT2D eigenvalue weighted by atomic mass is 32.1. The summed E-state index contributed by atoms with van der Waals surface area (Å²) in [6, 6.07) is 15.3. The van der Waals surface area contributed by atoms with Crippen molar-refractivity contribution in [3.63, 3.8) is 0 Å². The number of rotatable bonds is 5. The van der Waals surface area contributed by atoms with Crippen molar-refractivity contribution >= 4 is 33.7 Å². The Morgan fingerprint density at radius 1 is 1.16 bits per heavy atom. The third-order valence-corrected chi connectivity index (χ3v) is 4.62. The van der Waals surface area contributed by atoms with Gasteiger partial charge in [0, 0.05) is 0 Å². The first-order valence-corrected chi connectivity index (χ1v) is 8.39. The molecule has 0 bridgehead atoms. The lowest BCUT2D eigenvalue weighted by Gasteiger charge is -2.02. The fourth-order valence-corrected chi connectivity index (χ4v) is 3.27. The number of hydrogen-bond acceptors (Lipinski definition) is 6. The third-order valence-electron chi connectivity index (χ3n) is 3.57. The Balaban J connectivity index is 1.95. The smallest absolute Gasteiger partial charge is 0.325 e. The maximum absolute atomic E-state index is 11.7. The van der Waals surface area contributed by atoms with Crippen LogP contribution in [0.2, 0.25) is 0 Å². The molecule has 0 radical (unpaired) electrons. The predicted octanol–water partition coefficient (Wildman–Crippen LogP) is 2.82.